The van der Waals surface area contributed by atoms with E-state index in [4.69, 9.17) is 5.11 Å². The van der Waals surface area contributed by atoms with Gasteiger partial charge >= 0.3 is 5.97 Å². The average Bonchev–Trinajstić information content (AvgIpc) is 3.12. The molecule has 1 atom stereocenters. The second-order valence-electron chi connectivity index (χ2n) is 6.13. The molecule has 0 aromatic heterocycles. The van der Waals surface area contributed by atoms with E-state index in [0.717, 1.165) is 6.42 Å². The molecule has 1 aliphatic carbocycles. The number of carboxylic acid groups (broad SMARTS) is 1. The number of carbonyl (C=O) groups is 3. The zero-order chi connectivity index (χ0) is 15.2. The highest BCUT2D eigenvalue weighted by Crippen LogP contribution is 2.28. The number of aliphatic carboxylic acids is 1. The molecule has 0 spiro atoms. The van der Waals surface area contributed by atoms with Gasteiger partial charge in [-0.25, -0.2) is 0 Å². The predicted molar refractivity (Wildman–Crippen MR) is 76.5 cm³/mol. The second-order valence-corrected chi connectivity index (χ2v) is 6.13. The van der Waals surface area contributed by atoms with Crippen LogP contribution in [0.25, 0.3) is 0 Å². The minimum Gasteiger partial charge on any atom is -0.481 e. The van der Waals surface area contributed by atoms with E-state index in [0.29, 0.717) is 25.3 Å². The fourth-order valence-corrected chi connectivity index (χ4v) is 3.20. The van der Waals surface area contributed by atoms with E-state index in [1.807, 2.05) is 0 Å². The molecule has 6 heteroatoms. The third-order valence-electron chi connectivity index (χ3n) is 4.58. The van der Waals surface area contributed by atoms with Crippen molar-refractivity contribution < 1.29 is 19.5 Å². The van der Waals surface area contributed by atoms with Crippen molar-refractivity contribution >= 4 is 17.8 Å². The van der Waals surface area contributed by atoms with E-state index in [-0.39, 0.29) is 24.9 Å². The lowest BCUT2D eigenvalue weighted by Crippen LogP contribution is -2.39. The Labute approximate surface area is 124 Å². The molecule has 2 rings (SSSR count). The Kier molecular flexibility index (Phi) is 5.59. The molecule has 118 valence electrons. The van der Waals surface area contributed by atoms with Crippen molar-refractivity contribution in [3.8, 4) is 0 Å². The molecular formula is C15H24N2O4. The number of hydrogen-bond acceptors (Lipinski definition) is 3. The van der Waals surface area contributed by atoms with Gasteiger partial charge < -0.3 is 15.3 Å². The van der Waals surface area contributed by atoms with E-state index in [9.17, 15) is 14.4 Å². The molecule has 1 saturated heterocycles. The van der Waals surface area contributed by atoms with Gasteiger partial charge in [-0.05, 0) is 18.8 Å². The van der Waals surface area contributed by atoms with Gasteiger partial charge in [0.15, 0.2) is 0 Å². The third kappa shape index (κ3) is 4.72. The number of carbonyl (C=O) groups excluding carboxylic acids is 2. The molecule has 21 heavy (non-hydrogen) atoms. The van der Waals surface area contributed by atoms with Crippen LogP contribution in [0.2, 0.25) is 0 Å². The first kappa shape index (κ1) is 15.8. The Morgan fingerprint density at radius 1 is 1.14 bits per heavy atom. The van der Waals surface area contributed by atoms with Crippen molar-refractivity contribution in [3.05, 3.63) is 0 Å². The normalized spacial score (nSPS) is 22.5. The highest BCUT2D eigenvalue weighted by atomic mass is 16.4. The largest absolute Gasteiger partial charge is 0.481 e. The highest BCUT2D eigenvalue weighted by molar-refractivity contribution is 5.85. The molecule has 1 saturated carbocycles. The van der Waals surface area contributed by atoms with Gasteiger partial charge in [0.25, 0.3) is 0 Å². The fraction of sp³-hybridized carbons (Fsp3) is 0.800. The smallest absolute Gasteiger partial charge is 0.308 e. The van der Waals surface area contributed by atoms with Crippen LogP contribution < -0.4 is 5.32 Å². The number of rotatable bonds is 6. The Hall–Kier alpha value is -1.59. The van der Waals surface area contributed by atoms with Crippen molar-refractivity contribution in [2.24, 2.45) is 11.8 Å². The van der Waals surface area contributed by atoms with Gasteiger partial charge in [0.05, 0.1) is 12.5 Å². The molecule has 1 aliphatic heterocycles. The number of likely N-dealkylation sites (tertiary alicyclic amines) is 1. The van der Waals surface area contributed by atoms with Crippen LogP contribution in [0.5, 0.6) is 0 Å². The van der Waals surface area contributed by atoms with Crippen LogP contribution in [0.4, 0.5) is 0 Å². The first-order valence-electron chi connectivity index (χ1n) is 7.83. The summed E-state index contributed by atoms with van der Waals surface area (Å²) < 4.78 is 0. The molecule has 0 radical (unpaired) electrons. The molecule has 0 bridgehead atoms. The summed E-state index contributed by atoms with van der Waals surface area (Å²) in [4.78, 5) is 36.0. The predicted octanol–water partition coefficient (Wildman–Crippen LogP) is 1.01. The van der Waals surface area contributed by atoms with Crippen molar-refractivity contribution in [1.29, 1.82) is 0 Å². The molecule has 1 unspecified atom stereocenters. The van der Waals surface area contributed by atoms with E-state index < -0.39 is 11.9 Å². The van der Waals surface area contributed by atoms with Crippen LogP contribution in [0.15, 0.2) is 0 Å². The Morgan fingerprint density at radius 2 is 1.86 bits per heavy atom. The Balaban J connectivity index is 1.62. The third-order valence-corrected chi connectivity index (χ3v) is 4.58. The van der Waals surface area contributed by atoms with E-state index >= 15 is 0 Å². The highest BCUT2D eigenvalue weighted by Gasteiger charge is 2.30. The first-order chi connectivity index (χ1) is 10.1. The van der Waals surface area contributed by atoms with Crippen LogP contribution in [0, 0.1) is 11.8 Å². The van der Waals surface area contributed by atoms with E-state index in [1.165, 1.54) is 30.6 Å². The van der Waals surface area contributed by atoms with Gasteiger partial charge in [-0.1, -0.05) is 25.7 Å². The second kappa shape index (κ2) is 7.43. The van der Waals surface area contributed by atoms with Gasteiger partial charge in [0.2, 0.25) is 11.8 Å². The molecule has 2 fully saturated rings. The lowest BCUT2D eigenvalue weighted by molar-refractivity contribution is -0.141. The summed E-state index contributed by atoms with van der Waals surface area (Å²) in [5.74, 6) is -0.920. The fourth-order valence-electron chi connectivity index (χ4n) is 3.20. The van der Waals surface area contributed by atoms with Crippen molar-refractivity contribution in [1.82, 2.24) is 10.2 Å². The number of nitrogens with zero attached hydrogens (tertiary/aromatic N) is 1. The van der Waals surface area contributed by atoms with Crippen LogP contribution in [0.3, 0.4) is 0 Å². The van der Waals surface area contributed by atoms with Crippen molar-refractivity contribution in [2.75, 3.05) is 19.6 Å². The molecule has 2 N–H and O–H groups in total. The lowest BCUT2D eigenvalue weighted by Gasteiger charge is -2.16. The van der Waals surface area contributed by atoms with E-state index in [1.54, 1.807) is 0 Å². The number of amides is 2. The number of hydrogen-bond donors (Lipinski definition) is 2. The zero-order valence-electron chi connectivity index (χ0n) is 12.3. The quantitative estimate of drug-likeness (QED) is 0.765. The Bertz CT molecular complexity index is 404. The summed E-state index contributed by atoms with van der Waals surface area (Å²) in [5.41, 5.74) is 0. The van der Waals surface area contributed by atoms with Gasteiger partial charge in [-0.2, -0.15) is 0 Å². The molecule has 0 aromatic rings. The van der Waals surface area contributed by atoms with Crippen LogP contribution in [0.1, 0.15) is 44.9 Å². The molecule has 2 aliphatic rings. The summed E-state index contributed by atoms with van der Waals surface area (Å²) in [5, 5.41) is 11.5. The SMILES string of the molecule is O=C(CCC1CCCC1)NCC(=O)N1CCC(C(=O)O)C1. The van der Waals surface area contributed by atoms with Gasteiger partial charge in [-0.15, -0.1) is 0 Å². The molecular weight excluding hydrogens is 272 g/mol. The van der Waals surface area contributed by atoms with Gasteiger partial charge in [-0.3, -0.25) is 14.4 Å². The summed E-state index contributed by atoms with van der Waals surface area (Å²) in [6.07, 6.45) is 6.86. The minimum absolute atomic E-state index is 0.0180. The van der Waals surface area contributed by atoms with Crippen LogP contribution in [-0.2, 0) is 14.4 Å². The first-order valence-corrected chi connectivity index (χ1v) is 7.83. The van der Waals surface area contributed by atoms with Crippen LogP contribution >= 0.6 is 0 Å². The molecule has 2 amide bonds. The minimum atomic E-state index is -0.856. The monoisotopic (exact) mass is 296 g/mol. The van der Waals surface area contributed by atoms with Gasteiger partial charge in [0.1, 0.15) is 0 Å². The summed E-state index contributed by atoms with van der Waals surface area (Å²) in [6, 6.07) is 0. The maximum atomic E-state index is 11.9. The molecule has 1 heterocycles. The van der Waals surface area contributed by atoms with Crippen molar-refractivity contribution in [3.63, 3.8) is 0 Å². The average molecular weight is 296 g/mol. The molecule has 6 nitrogen and oxygen atoms in total. The van der Waals surface area contributed by atoms with Crippen molar-refractivity contribution in [2.45, 2.75) is 44.9 Å². The topological polar surface area (TPSA) is 86.7 Å². The lowest BCUT2D eigenvalue weighted by atomic mass is 10.0. The van der Waals surface area contributed by atoms with Gasteiger partial charge in [0, 0.05) is 19.5 Å². The maximum Gasteiger partial charge on any atom is 0.308 e. The Morgan fingerprint density at radius 3 is 2.48 bits per heavy atom. The van der Waals surface area contributed by atoms with Crippen LogP contribution in [-0.4, -0.2) is 47.4 Å². The summed E-state index contributed by atoms with van der Waals surface area (Å²) >= 11 is 0. The molecule has 0 aromatic carbocycles. The maximum absolute atomic E-state index is 11.9. The summed E-state index contributed by atoms with van der Waals surface area (Å²) in [7, 11) is 0. The zero-order valence-corrected chi connectivity index (χ0v) is 12.3. The van der Waals surface area contributed by atoms with E-state index in [2.05, 4.69) is 5.32 Å². The number of nitrogens with one attached hydrogen (secondary N) is 1. The standard InChI is InChI=1S/C15H24N2O4/c18-13(6-5-11-3-1-2-4-11)16-9-14(19)17-8-7-12(10-17)15(20)21/h11-12H,1-10H2,(H,16,18)(H,20,21). The number of carboxylic acids is 1. The summed E-state index contributed by atoms with van der Waals surface area (Å²) in [6.45, 7) is 0.704.